The molecule has 1 aromatic carbocycles. The van der Waals surface area contributed by atoms with Crippen molar-refractivity contribution in [1.82, 2.24) is 14.8 Å². The van der Waals surface area contributed by atoms with E-state index in [0.29, 0.717) is 11.4 Å². The maximum Gasteiger partial charge on any atom is 0.573 e. The molecule has 0 aliphatic heterocycles. The van der Waals surface area contributed by atoms with Gasteiger partial charge in [-0.05, 0) is 38.1 Å². The van der Waals surface area contributed by atoms with Crippen LogP contribution in [-0.2, 0) is 17.1 Å². The smallest absolute Gasteiger partial charge is 0.421 e. The molecule has 0 radical (unpaired) electrons. The minimum Gasteiger partial charge on any atom is -0.421 e. The van der Waals surface area contributed by atoms with Gasteiger partial charge in [0.2, 0.25) is 5.89 Å². The third-order valence-corrected chi connectivity index (χ3v) is 5.81. The Labute approximate surface area is 164 Å². The maximum absolute atomic E-state index is 13.1. The highest BCUT2D eigenvalue weighted by Gasteiger charge is 2.32. The van der Waals surface area contributed by atoms with Crippen LogP contribution in [0.1, 0.15) is 17.3 Å². The Morgan fingerprint density at radius 3 is 2.21 bits per heavy atom. The fourth-order valence-corrected chi connectivity index (χ4v) is 4.40. The summed E-state index contributed by atoms with van der Waals surface area (Å²) in [6.45, 7) is 4.91. The molecule has 0 spiro atoms. The van der Waals surface area contributed by atoms with Crippen LogP contribution in [0.4, 0.5) is 18.9 Å². The van der Waals surface area contributed by atoms with Gasteiger partial charge in [-0.3, -0.25) is 4.72 Å². The van der Waals surface area contributed by atoms with E-state index in [4.69, 9.17) is 4.42 Å². The number of rotatable bonds is 5. The molecule has 2 heterocycles. The van der Waals surface area contributed by atoms with Crippen molar-refractivity contribution in [3.63, 3.8) is 0 Å². The van der Waals surface area contributed by atoms with Crippen molar-refractivity contribution in [2.24, 2.45) is 7.05 Å². The van der Waals surface area contributed by atoms with Gasteiger partial charge >= 0.3 is 6.36 Å². The van der Waals surface area contributed by atoms with E-state index in [1.165, 1.54) is 12.1 Å². The van der Waals surface area contributed by atoms with E-state index in [2.05, 4.69) is 19.7 Å². The number of nitrogens with one attached hydrogen (secondary N) is 1. The predicted octanol–water partition coefficient (Wildman–Crippen LogP) is 3.70. The van der Waals surface area contributed by atoms with E-state index < -0.39 is 22.1 Å². The molecule has 3 rings (SSSR count). The Bertz CT molecular complexity index is 1150. The molecule has 1 N–H and O–H groups in total. The van der Waals surface area contributed by atoms with Crippen LogP contribution in [0.5, 0.6) is 5.75 Å². The summed E-state index contributed by atoms with van der Waals surface area (Å²) < 4.78 is 76.2. The van der Waals surface area contributed by atoms with E-state index in [-0.39, 0.29) is 27.9 Å². The van der Waals surface area contributed by atoms with E-state index in [9.17, 15) is 21.6 Å². The molecule has 2 aromatic heterocycles. The molecule has 0 saturated heterocycles. The van der Waals surface area contributed by atoms with E-state index in [0.717, 1.165) is 12.1 Å². The van der Waals surface area contributed by atoms with Crippen LogP contribution in [0, 0.1) is 20.8 Å². The fraction of sp³-hybridized carbons (Fsp3) is 0.294. The summed E-state index contributed by atoms with van der Waals surface area (Å²) >= 11 is 0. The van der Waals surface area contributed by atoms with E-state index >= 15 is 0 Å². The van der Waals surface area contributed by atoms with Gasteiger partial charge in [0.1, 0.15) is 10.6 Å². The average molecular weight is 430 g/mol. The lowest BCUT2D eigenvalue weighted by atomic mass is 10.2. The van der Waals surface area contributed by atoms with Gasteiger partial charge in [-0.25, -0.2) is 8.42 Å². The lowest BCUT2D eigenvalue weighted by Gasteiger charge is -2.11. The van der Waals surface area contributed by atoms with Crippen LogP contribution in [0.25, 0.3) is 11.5 Å². The van der Waals surface area contributed by atoms with Crippen LogP contribution in [-0.4, -0.2) is 29.5 Å². The normalized spacial score (nSPS) is 12.2. The third kappa shape index (κ3) is 4.21. The van der Waals surface area contributed by atoms with Gasteiger partial charge in [-0.15, -0.1) is 23.4 Å². The van der Waals surface area contributed by atoms with Crippen molar-refractivity contribution >= 4 is 15.7 Å². The van der Waals surface area contributed by atoms with Crippen LogP contribution >= 0.6 is 0 Å². The first-order valence-corrected chi connectivity index (χ1v) is 9.72. The monoisotopic (exact) mass is 430 g/mol. The lowest BCUT2D eigenvalue weighted by Crippen LogP contribution is -2.17. The van der Waals surface area contributed by atoms with E-state index in [1.54, 1.807) is 32.4 Å². The number of hydrogen-bond acceptors (Lipinski definition) is 6. The van der Waals surface area contributed by atoms with Crippen molar-refractivity contribution in [2.75, 3.05) is 4.72 Å². The first-order chi connectivity index (χ1) is 13.4. The number of alkyl halides is 3. The number of hydrogen-bond donors (Lipinski definition) is 1. The number of halogens is 3. The predicted molar refractivity (Wildman–Crippen MR) is 96.8 cm³/mol. The molecule has 156 valence electrons. The van der Waals surface area contributed by atoms with Gasteiger partial charge in [0, 0.05) is 31.0 Å². The zero-order valence-electron chi connectivity index (χ0n) is 15.8. The Kier molecular flexibility index (Phi) is 5.07. The second-order valence-electron chi connectivity index (χ2n) is 6.24. The average Bonchev–Trinajstić information content (AvgIpc) is 3.12. The zero-order chi connectivity index (χ0) is 21.6. The highest BCUT2D eigenvalue weighted by atomic mass is 32.2. The number of aromatic nitrogens is 3. The summed E-state index contributed by atoms with van der Waals surface area (Å²) in [7, 11) is -2.43. The van der Waals surface area contributed by atoms with Gasteiger partial charge in [0.05, 0.1) is 5.56 Å². The SMILES string of the molecule is Cc1nnc(-c2c(S(=O)(=O)Nc3ccc(OC(F)(F)F)cc3)c(C)n(C)c2C)o1. The Hall–Kier alpha value is -3.02. The first-order valence-electron chi connectivity index (χ1n) is 8.24. The highest BCUT2D eigenvalue weighted by Crippen LogP contribution is 2.35. The second-order valence-corrected chi connectivity index (χ2v) is 7.86. The summed E-state index contributed by atoms with van der Waals surface area (Å²) in [5.74, 6) is -0.135. The molecule has 0 aliphatic rings. The second kappa shape index (κ2) is 7.10. The van der Waals surface area contributed by atoms with Crippen molar-refractivity contribution < 1.29 is 30.7 Å². The molecule has 0 saturated carbocycles. The minimum atomic E-state index is -4.84. The zero-order valence-corrected chi connectivity index (χ0v) is 16.6. The molecular weight excluding hydrogens is 413 g/mol. The van der Waals surface area contributed by atoms with Gasteiger partial charge in [-0.2, -0.15) is 0 Å². The van der Waals surface area contributed by atoms with Crippen molar-refractivity contribution in [1.29, 1.82) is 0 Å². The molecule has 0 fully saturated rings. The van der Waals surface area contributed by atoms with Crippen molar-refractivity contribution in [3.8, 4) is 17.2 Å². The molecule has 0 amide bonds. The van der Waals surface area contributed by atoms with Crippen LogP contribution in [0.3, 0.4) is 0 Å². The Morgan fingerprint density at radius 2 is 1.69 bits per heavy atom. The number of aryl methyl sites for hydroxylation is 1. The van der Waals surface area contributed by atoms with Crippen LogP contribution < -0.4 is 9.46 Å². The number of ether oxygens (including phenoxy) is 1. The van der Waals surface area contributed by atoms with Gasteiger partial charge in [0.25, 0.3) is 15.9 Å². The molecule has 0 unspecified atom stereocenters. The number of anilines is 1. The number of benzene rings is 1. The van der Waals surface area contributed by atoms with Crippen LogP contribution in [0.15, 0.2) is 33.6 Å². The Balaban J connectivity index is 1.99. The molecule has 12 heteroatoms. The fourth-order valence-electron chi connectivity index (χ4n) is 2.83. The third-order valence-electron chi connectivity index (χ3n) is 4.27. The first kappa shape index (κ1) is 20.7. The van der Waals surface area contributed by atoms with Gasteiger partial charge in [0.15, 0.2) is 0 Å². The van der Waals surface area contributed by atoms with Crippen molar-refractivity contribution in [3.05, 3.63) is 41.5 Å². The topological polar surface area (TPSA) is 99.3 Å². The standard InChI is InChI=1S/C17H17F3N4O4S/c1-9-14(16-22-21-11(3)27-16)15(10(2)24(9)4)29(25,26)23-12-5-7-13(8-6-12)28-17(18,19)20/h5-8,23H,1-4H3. The number of sulfonamides is 1. The molecular formula is C17H17F3N4O4S. The Morgan fingerprint density at radius 1 is 1.07 bits per heavy atom. The maximum atomic E-state index is 13.1. The van der Waals surface area contributed by atoms with Gasteiger partial charge in [-0.1, -0.05) is 0 Å². The molecule has 0 atom stereocenters. The summed E-state index contributed by atoms with van der Waals surface area (Å²) in [5.41, 5.74) is 1.35. The summed E-state index contributed by atoms with van der Waals surface area (Å²) in [5, 5.41) is 7.66. The van der Waals surface area contributed by atoms with Crippen LogP contribution in [0.2, 0.25) is 0 Å². The number of nitrogens with zero attached hydrogens (tertiary/aromatic N) is 3. The highest BCUT2D eigenvalue weighted by molar-refractivity contribution is 7.93. The minimum absolute atomic E-state index is 0.0537. The summed E-state index contributed by atoms with van der Waals surface area (Å²) in [6, 6.07) is 4.36. The molecule has 29 heavy (non-hydrogen) atoms. The molecule has 0 aliphatic carbocycles. The molecule has 3 aromatic rings. The summed E-state index contributed by atoms with van der Waals surface area (Å²) in [6.07, 6.45) is -4.84. The van der Waals surface area contributed by atoms with Crippen molar-refractivity contribution in [2.45, 2.75) is 32.0 Å². The largest absolute Gasteiger partial charge is 0.573 e. The summed E-state index contributed by atoms with van der Waals surface area (Å²) in [4.78, 5) is -0.0585. The lowest BCUT2D eigenvalue weighted by molar-refractivity contribution is -0.274. The van der Waals surface area contributed by atoms with Gasteiger partial charge < -0.3 is 13.7 Å². The molecule has 0 bridgehead atoms. The quantitative estimate of drug-likeness (QED) is 0.663. The van der Waals surface area contributed by atoms with E-state index in [1.807, 2.05) is 0 Å². The molecule has 8 nitrogen and oxygen atoms in total.